The number of rotatable bonds is 2. The van der Waals surface area contributed by atoms with Crippen LogP contribution in [0, 0.1) is 11.3 Å². The molecule has 2 aromatic rings. The molecular weight excluding hydrogens is 304 g/mol. The predicted octanol–water partition coefficient (Wildman–Crippen LogP) is 3.14. The maximum Gasteiger partial charge on any atom is 0.407 e. The summed E-state index contributed by atoms with van der Waals surface area (Å²) in [5.74, 6) is 0.826. The molecule has 1 aromatic carbocycles. The van der Waals surface area contributed by atoms with Gasteiger partial charge in [-0.15, -0.1) is 0 Å². The Bertz CT molecular complexity index is 797. The van der Waals surface area contributed by atoms with Crippen LogP contribution < -0.4 is 10.2 Å². The first kappa shape index (κ1) is 16.2. The molecule has 1 aliphatic heterocycles. The number of anilines is 1. The SMILES string of the molecule is CC(C)(C)OC(=O)NC1CCN(c2[nH]c3ccccc3c2C#N)C1. The number of ether oxygens (including phenoxy) is 1. The van der Waals surface area contributed by atoms with Crippen molar-refractivity contribution in [3.8, 4) is 6.07 Å². The van der Waals surface area contributed by atoms with E-state index in [1.54, 1.807) is 0 Å². The largest absolute Gasteiger partial charge is 0.444 e. The molecule has 6 heteroatoms. The van der Waals surface area contributed by atoms with Gasteiger partial charge in [0.05, 0.1) is 6.04 Å². The molecule has 1 atom stereocenters. The molecule has 1 aromatic heterocycles. The molecule has 126 valence electrons. The van der Waals surface area contributed by atoms with E-state index in [2.05, 4.69) is 21.3 Å². The number of nitrogens with zero attached hydrogens (tertiary/aromatic N) is 2. The average molecular weight is 326 g/mol. The lowest BCUT2D eigenvalue weighted by Crippen LogP contribution is -2.40. The van der Waals surface area contributed by atoms with Gasteiger partial charge in [-0.2, -0.15) is 5.26 Å². The normalized spacial score (nSPS) is 17.8. The summed E-state index contributed by atoms with van der Waals surface area (Å²) < 4.78 is 5.30. The van der Waals surface area contributed by atoms with Gasteiger partial charge < -0.3 is 19.9 Å². The molecule has 1 amide bonds. The topological polar surface area (TPSA) is 81.2 Å². The molecule has 0 spiro atoms. The van der Waals surface area contributed by atoms with E-state index < -0.39 is 11.7 Å². The maximum absolute atomic E-state index is 11.9. The Morgan fingerprint density at radius 3 is 2.88 bits per heavy atom. The molecule has 0 radical (unpaired) electrons. The smallest absolute Gasteiger partial charge is 0.407 e. The van der Waals surface area contributed by atoms with Gasteiger partial charge in [0.15, 0.2) is 0 Å². The van der Waals surface area contributed by atoms with Gasteiger partial charge in [-0.3, -0.25) is 0 Å². The van der Waals surface area contributed by atoms with Crippen LogP contribution in [0.4, 0.5) is 10.6 Å². The highest BCUT2D eigenvalue weighted by Gasteiger charge is 2.28. The van der Waals surface area contributed by atoms with Crippen molar-refractivity contribution in [3.05, 3.63) is 29.8 Å². The second-order valence-electron chi connectivity index (χ2n) is 7.08. The summed E-state index contributed by atoms with van der Waals surface area (Å²) in [6.45, 7) is 6.97. The van der Waals surface area contributed by atoms with E-state index in [0.717, 1.165) is 29.7 Å². The van der Waals surface area contributed by atoms with Crippen molar-refractivity contribution in [2.24, 2.45) is 0 Å². The van der Waals surface area contributed by atoms with Crippen molar-refractivity contribution < 1.29 is 9.53 Å². The number of hydrogen-bond donors (Lipinski definition) is 2. The molecule has 0 bridgehead atoms. The maximum atomic E-state index is 11.9. The summed E-state index contributed by atoms with van der Waals surface area (Å²) in [6.07, 6.45) is 0.422. The lowest BCUT2D eigenvalue weighted by molar-refractivity contribution is 0.0509. The molecule has 0 saturated carbocycles. The van der Waals surface area contributed by atoms with Crippen molar-refractivity contribution in [1.29, 1.82) is 5.26 Å². The zero-order valence-electron chi connectivity index (χ0n) is 14.2. The highest BCUT2D eigenvalue weighted by Crippen LogP contribution is 2.30. The molecule has 2 N–H and O–H groups in total. The van der Waals surface area contributed by atoms with Crippen LogP contribution in [-0.2, 0) is 4.74 Å². The number of nitriles is 1. The van der Waals surface area contributed by atoms with Gasteiger partial charge in [-0.1, -0.05) is 18.2 Å². The monoisotopic (exact) mass is 326 g/mol. The predicted molar refractivity (Wildman–Crippen MR) is 93.0 cm³/mol. The number of carbonyl (C=O) groups excluding carboxylic acids is 1. The van der Waals surface area contributed by atoms with E-state index >= 15 is 0 Å². The first-order chi connectivity index (χ1) is 11.4. The molecule has 1 fully saturated rings. The zero-order valence-corrected chi connectivity index (χ0v) is 14.2. The molecule has 1 unspecified atom stereocenters. The summed E-state index contributed by atoms with van der Waals surface area (Å²) in [6, 6.07) is 10.1. The summed E-state index contributed by atoms with van der Waals surface area (Å²) >= 11 is 0. The van der Waals surface area contributed by atoms with Crippen molar-refractivity contribution in [1.82, 2.24) is 10.3 Å². The number of para-hydroxylation sites is 1. The van der Waals surface area contributed by atoms with Gasteiger partial charge in [0, 0.05) is 24.0 Å². The molecule has 2 heterocycles. The van der Waals surface area contributed by atoms with Gasteiger partial charge in [0.25, 0.3) is 0 Å². The molecule has 24 heavy (non-hydrogen) atoms. The van der Waals surface area contributed by atoms with Crippen LogP contribution >= 0.6 is 0 Å². The Balaban J connectivity index is 1.72. The number of alkyl carbamates (subject to hydrolysis) is 1. The minimum atomic E-state index is -0.506. The van der Waals surface area contributed by atoms with Crippen molar-refractivity contribution in [2.75, 3.05) is 18.0 Å². The van der Waals surface area contributed by atoms with Crippen LogP contribution in [0.3, 0.4) is 0 Å². The lowest BCUT2D eigenvalue weighted by Gasteiger charge is -2.22. The quantitative estimate of drug-likeness (QED) is 0.888. The number of amides is 1. The standard InChI is InChI=1S/C18H22N4O2/c1-18(2,3)24-17(23)20-12-8-9-22(11-12)16-14(10-19)13-6-4-5-7-15(13)21-16/h4-7,12,21H,8-9,11H2,1-3H3,(H,20,23). The number of H-pyrrole nitrogens is 1. The number of fused-ring (bicyclic) bond motifs is 1. The van der Waals surface area contributed by atoms with E-state index in [1.165, 1.54) is 0 Å². The lowest BCUT2D eigenvalue weighted by atomic mass is 10.2. The van der Waals surface area contributed by atoms with Crippen LogP contribution in [0.5, 0.6) is 0 Å². The fourth-order valence-corrected chi connectivity index (χ4v) is 3.03. The number of nitrogens with one attached hydrogen (secondary N) is 2. The molecule has 1 saturated heterocycles. The van der Waals surface area contributed by atoms with Gasteiger partial charge in [0.2, 0.25) is 0 Å². The summed E-state index contributed by atoms with van der Waals surface area (Å²) in [7, 11) is 0. The van der Waals surface area contributed by atoms with Gasteiger partial charge >= 0.3 is 6.09 Å². The fraction of sp³-hybridized carbons (Fsp3) is 0.444. The Morgan fingerprint density at radius 1 is 1.42 bits per heavy atom. The van der Waals surface area contributed by atoms with Crippen LogP contribution in [0.15, 0.2) is 24.3 Å². The van der Waals surface area contributed by atoms with Crippen LogP contribution in [0.25, 0.3) is 10.9 Å². The third-order valence-electron chi connectivity index (χ3n) is 4.02. The van der Waals surface area contributed by atoms with E-state index in [9.17, 15) is 10.1 Å². The number of aromatic nitrogens is 1. The van der Waals surface area contributed by atoms with Gasteiger partial charge in [0.1, 0.15) is 23.1 Å². The van der Waals surface area contributed by atoms with Crippen molar-refractivity contribution in [3.63, 3.8) is 0 Å². The van der Waals surface area contributed by atoms with E-state index in [4.69, 9.17) is 4.74 Å². The summed E-state index contributed by atoms with van der Waals surface area (Å²) in [5, 5.41) is 13.4. The average Bonchev–Trinajstić information content (AvgIpc) is 3.08. The Labute approximate surface area is 141 Å². The number of benzene rings is 1. The number of hydrogen-bond acceptors (Lipinski definition) is 4. The second-order valence-corrected chi connectivity index (χ2v) is 7.08. The number of carbonyl (C=O) groups is 1. The minimum absolute atomic E-state index is 0.0119. The first-order valence-electron chi connectivity index (χ1n) is 8.12. The first-order valence-corrected chi connectivity index (χ1v) is 8.12. The molecule has 1 aliphatic rings. The van der Waals surface area contributed by atoms with E-state index in [1.807, 2.05) is 45.0 Å². The molecule has 6 nitrogen and oxygen atoms in total. The minimum Gasteiger partial charge on any atom is -0.444 e. The highest BCUT2D eigenvalue weighted by molar-refractivity contribution is 5.91. The van der Waals surface area contributed by atoms with Crippen molar-refractivity contribution in [2.45, 2.75) is 38.8 Å². The van der Waals surface area contributed by atoms with Gasteiger partial charge in [-0.25, -0.2) is 4.79 Å². The van der Waals surface area contributed by atoms with Gasteiger partial charge in [-0.05, 0) is 33.3 Å². The van der Waals surface area contributed by atoms with Crippen LogP contribution in [0.2, 0.25) is 0 Å². The van der Waals surface area contributed by atoms with Crippen LogP contribution in [0.1, 0.15) is 32.8 Å². The Morgan fingerprint density at radius 2 is 2.17 bits per heavy atom. The molecule has 3 rings (SSSR count). The number of aromatic amines is 1. The molecule has 0 aliphatic carbocycles. The Hall–Kier alpha value is -2.68. The summed E-state index contributed by atoms with van der Waals surface area (Å²) in [4.78, 5) is 17.4. The summed E-state index contributed by atoms with van der Waals surface area (Å²) in [5.41, 5.74) is 1.10. The van der Waals surface area contributed by atoms with Crippen LogP contribution in [-0.4, -0.2) is 35.8 Å². The fourth-order valence-electron chi connectivity index (χ4n) is 3.03. The van der Waals surface area contributed by atoms with E-state index in [0.29, 0.717) is 12.1 Å². The van der Waals surface area contributed by atoms with Crippen molar-refractivity contribution >= 4 is 22.8 Å². The Kier molecular flexibility index (Phi) is 4.10. The molecular formula is C18H22N4O2. The van der Waals surface area contributed by atoms with E-state index in [-0.39, 0.29) is 6.04 Å². The third-order valence-corrected chi connectivity index (χ3v) is 4.02. The highest BCUT2D eigenvalue weighted by atomic mass is 16.6. The third kappa shape index (κ3) is 3.30. The zero-order chi connectivity index (χ0) is 17.3. The second kappa shape index (κ2) is 6.08.